The van der Waals surface area contributed by atoms with Crippen molar-refractivity contribution in [3.63, 3.8) is 0 Å². The number of rotatable bonds is 12. The summed E-state index contributed by atoms with van der Waals surface area (Å²) < 4.78 is 29.4. The standard InChI is InChI=1S/C30H35N3O8S/c1-7-32(8-2)24-14-12-20(41-24)16-23-28(35)33-27(26(29(36)39-10-4)18(5)31-30(33)42-23)19-11-13-21(22(15-19)38-9-3)40-17-25(34)37-6/h11-16,27H,7-10,17H2,1-6H3/b23-16-/t27-/m1/s1. The van der Waals surface area contributed by atoms with Crippen molar-refractivity contribution in [2.45, 2.75) is 40.7 Å². The maximum Gasteiger partial charge on any atom is 0.343 e. The van der Waals surface area contributed by atoms with Crippen LogP contribution in [0.25, 0.3) is 6.08 Å². The van der Waals surface area contributed by atoms with Crippen molar-refractivity contribution in [3.8, 4) is 11.5 Å². The second-order valence-corrected chi connectivity index (χ2v) is 10.2. The lowest BCUT2D eigenvalue weighted by atomic mass is 9.95. The number of fused-ring (bicyclic) bond motifs is 1. The first-order valence-electron chi connectivity index (χ1n) is 13.8. The van der Waals surface area contributed by atoms with Gasteiger partial charge in [-0.25, -0.2) is 14.6 Å². The van der Waals surface area contributed by atoms with E-state index in [0.29, 0.717) is 44.5 Å². The smallest absolute Gasteiger partial charge is 0.343 e. The first-order valence-corrected chi connectivity index (χ1v) is 14.6. The molecule has 1 atom stereocenters. The van der Waals surface area contributed by atoms with Crippen LogP contribution in [0.3, 0.4) is 0 Å². The van der Waals surface area contributed by atoms with Crippen LogP contribution < -0.4 is 29.3 Å². The largest absolute Gasteiger partial charge is 0.490 e. The molecule has 2 aromatic heterocycles. The molecule has 3 heterocycles. The van der Waals surface area contributed by atoms with E-state index in [1.54, 1.807) is 38.1 Å². The molecule has 0 unspecified atom stereocenters. The van der Waals surface area contributed by atoms with E-state index in [4.69, 9.17) is 18.6 Å². The van der Waals surface area contributed by atoms with Crippen LogP contribution in [0.15, 0.2) is 55.8 Å². The van der Waals surface area contributed by atoms with E-state index in [2.05, 4.69) is 14.6 Å². The predicted molar refractivity (Wildman–Crippen MR) is 158 cm³/mol. The number of allylic oxidation sites excluding steroid dienone is 1. The molecule has 1 aliphatic rings. The van der Waals surface area contributed by atoms with E-state index in [1.165, 1.54) is 23.0 Å². The van der Waals surface area contributed by atoms with E-state index in [0.717, 1.165) is 19.0 Å². The molecule has 11 nitrogen and oxygen atoms in total. The van der Waals surface area contributed by atoms with Gasteiger partial charge in [0.15, 0.2) is 28.8 Å². The van der Waals surface area contributed by atoms with Crippen LogP contribution in [0.2, 0.25) is 0 Å². The summed E-state index contributed by atoms with van der Waals surface area (Å²) >= 11 is 1.21. The van der Waals surface area contributed by atoms with Gasteiger partial charge in [0.1, 0.15) is 5.76 Å². The summed E-state index contributed by atoms with van der Waals surface area (Å²) in [5.74, 6) is 0.799. The Hall–Kier alpha value is -4.32. The van der Waals surface area contributed by atoms with Gasteiger partial charge in [-0.3, -0.25) is 9.36 Å². The Kier molecular flexibility index (Phi) is 9.89. The predicted octanol–water partition coefficient (Wildman–Crippen LogP) is 3.19. The van der Waals surface area contributed by atoms with Crippen LogP contribution in [0.1, 0.15) is 52.0 Å². The van der Waals surface area contributed by atoms with E-state index < -0.39 is 18.0 Å². The molecule has 1 aliphatic heterocycles. The lowest BCUT2D eigenvalue weighted by Gasteiger charge is -2.25. The first-order chi connectivity index (χ1) is 20.3. The summed E-state index contributed by atoms with van der Waals surface area (Å²) in [5, 5.41) is 0. The number of methoxy groups -OCH3 is 1. The number of carbonyl (C=O) groups excluding carboxylic acids is 2. The number of hydrogen-bond donors (Lipinski definition) is 0. The van der Waals surface area contributed by atoms with Crippen LogP contribution in [0.5, 0.6) is 11.5 Å². The highest BCUT2D eigenvalue weighted by Gasteiger charge is 2.34. The third kappa shape index (κ3) is 6.28. The van der Waals surface area contributed by atoms with Gasteiger partial charge in [0.2, 0.25) is 0 Å². The second-order valence-electron chi connectivity index (χ2n) is 9.15. The number of hydrogen-bond acceptors (Lipinski definition) is 11. The van der Waals surface area contributed by atoms with Crippen LogP contribution in [-0.4, -0.2) is 56.5 Å². The van der Waals surface area contributed by atoms with Gasteiger partial charge < -0.3 is 28.3 Å². The van der Waals surface area contributed by atoms with Crippen molar-refractivity contribution in [1.29, 1.82) is 0 Å². The number of anilines is 1. The van der Waals surface area contributed by atoms with Crippen molar-refractivity contribution in [3.05, 3.63) is 72.6 Å². The highest BCUT2D eigenvalue weighted by Crippen LogP contribution is 2.36. The third-order valence-electron chi connectivity index (χ3n) is 6.63. The molecule has 3 aromatic rings. The lowest BCUT2D eigenvalue weighted by Crippen LogP contribution is -2.40. The van der Waals surface area contributed by atoms with E-state index in [1.807, 2.05) is 32.9 Å². The molecule has 1 aromatic carbocycles. The minimum absolute atomic E-state index is 0.157. The van der Waals surface area contributed by atoms with Gasteiger partial charge in [0.05, 0.1) is 42.2 Å². The van der Waals surface area contributed by atoms with Gasteiger partial charge in [0.25, 0.3) is 5.56 Å². The molecule has 0 saturated carbocycles. The van der Waals surface area contributed by atoms with Crippen molar-refractivity contribution in [1.82, 2.24) is 4.57 Å². The van der Waals surface area contributed by atoms with E-state index >= 15 is 0 Å². The molecule has 0 bridgehead atoms. The number of nitrogens with zero attached hydrogens (tertiary/aromatic N) is 3. The highest BCUT2D eigenvalue weighted by molar-refractivity contribution is 7.07. The molecule has 0 amide bonds. The maximum absolute atomic E-state index is 13.9. The molecule has 42 heavy (non-hydrogen) atoms. The Bertz CT molecular complexity index is 1660. The van der Waals surface area contributed by atoms with Gasteiger partial charge in [0, 0.05) is 25.2 Å². The Balaban J connectivity index is 1.86. The van der Waals surface area contributed by atoms with Crippen LogP contribution in [0, 0.1) is 0 Å². The molecule has 12 heteroatoms. The van der Waals surface area contributed by atoms with Gasteiger partial charge in [-0.05, 0) is 58.4 Å². The summed E-state index contributed by atoms with van der Waals surface area (Å²) in [6.07, 6.45) is 1.69. The molecule has 4 rings (SSSR count). The van der Waals surface area contributed by atoms with E-state index in [-0.39, 0.29) is 24.3 Å². The summed E-state index contributed by atoms with van der Waals surface area (Å²) in [4.78, 5) is 45.9. The zero-order valence-electron chi connectivity index (χ0n) is 24.6. The molecular formula is C30H35N3O8S. The van der Waals surface area contributed by atoms with Gasteiger partial charge in [-0.2, -0.15) is 0 Å². The fourth-order valence-corrected chi connectivity index (χ4v) is 5.67. The summed E-state index contributed by atoms with van der Waals surface area (Å²) in [5.41, 5.74) is 0.929. The van der Waals surface area contributed by atoms with E-state index in [9.17, 15) is 14.4 Å². The molecule has 0 radical (unpaired) electrons. The summed E-state index contributed by atoms with van der Waals surface area (Å²) in [7, 11) is 1.27. The molecule has 0 spiro atoms. The number of benzene rings is 1. The monoisotopic (exact) mass is 597 g/mol. The summed E-state index contributed by atoms with van der Waals surface area (Å²) in [6.45, 7) is 11.1. The fraction of sp³-hybridized carbons (Fsp3) is 0.400. The summed E-state index contributed by atoms with van der Waals surface area (Å²) in [6, 6.07) is 7.89. The van der Waals surface area contributed by atoms with Crippen molar-refractivity contribution < 1.29 is 33.0 Å². The molecule has 0 fully saturated rings. The number of thiazole rings is 1. The number of esters is 2. The Morgan fingerprint density at radius 3 is 2.50 bits per heavy atom. The molecule has 0 N–H and O–H groups in total. The SMILES string of the molecule is CCOC(=O)C1=C(C)N=c2s/c(=C\c3ccc(N(CC)CC)o3)c(=O)n2[C@@H]1c1ccc(OCC(=O)OC)c(OCC)c1. The number of ether oxygens (including phenoxy) is 4. The molecule has 0 saturated heterocycles. The zero-order valence-corrected chi connectivity index (χ0v) is 25.4. The van der Waals surface area contributed by atoms with Crippen molar-refractivity contribution in [2.24, 2.45) is 4.99 Å². The van der Waals surface area contributed by atoms with Crippen molar-refractivity contribution in [2.75, 3.05) is 44.9 Å². The van der Waals surface area contributed by atoms with Crippen LogP contribution in [0.4, 0.5) is 5.88 Å². The minimum Gasteiger partial charge on any atom is -0.490 e. The zero-order chi connectivity index (χ0) is 30.4. The second kappa shape index (κ2) is 13.6. The average Bonchev–Trinajstić information content (AvgIpc) is 3.56. The van der Waals surface area contributed by atoms with Gasteiger partial charge >= 0.3 is 11.9 Å². The van der Waals surface area contributed by atoms with Crippen LogP contribution in [-0.2, 0) is 19.1 Å². The fourth-order valence-electron chi connectivity index (χ4n) is 4.64. The first kappa shape index (κ1) is 30.6. The molecule has 0 aliphatic carbocycles. The Labute approximate surface area is 247 Å². The number of furan rings is 1. The number of aromatic nitrogens is 1. The maximum atomic E-state index is 13.9. The number of carbonyl (C=O) groups is 2. The van der Waals surface area contributed by atoms with Crippen LogP contribution >= 0.6 is 11.3 Å². The Morgan fingerprint density at radius 1 is 1.07 bits per heavy atom. The topological polar surface area (TPSA) is 122 Å². The quantitative estimate of drug-likeness (QED) is 0.290. The van der Waals surface area contributed by atoms with Crippen molar-refractivity contribution >= 4 is 35.2 Å². The molecular weight excluding hydrogens is 562 g/mol. The minimum atomic E-state index is -0.848. The molecule has 224 valence electrons. The Morgan fingerprint density at radius 2 is 1.83 bits per heavy atom. The lowest BCUT2D eigenvalue weighted by molar-refractivity contribution is -0.143. The average molecular weight is 598 g/mol. The highest BCUT2D eigenvalue weighted by atomic mass is 32.1. The van der Waals surface area contributed by atoms with Gasteiger partial charge in [-0.1, -0.05) is 17.4 Å². The van der Waals surface area contributed by atoms with Gasteiger partial charge in [-0.15, -0.1) is 0 Å². The normalized spacial score (nSPS) is 14.7. The third-order valence-corrected chi connectivity index (χ3v) is 7.62.